The van der Waals surface area contributed by atoms with E-state index in [1.54, 1.807) is 0 Å². The zero-order valence-corrected chi connectivity index (χ0v) is 13.6. The van der Waals surface area contributed by atoms with Gasteiger partial charge in [-0.25, -0.2) is 0 Å². The van der Waals surface area contributed by atoms with Crippen molar-refractivity contribution in [1.29, 1.82) is 0 Å². The first-order chi connectivity index (χ1) is 10.2. The third kappa shape index (κ3) is 3.16. The van der Waals surface area contributed by atoms with Crippen molar-refractivity contribution < 1.29 is 5.11 Å². The van der Waals surface area contributed by atoms with E-state index >= 15 is 0 Å². The van der Waals surface area contributed by atoms with Crippen LogP contribution in [0.15, 0.2) is 12.1 Å². The van der Waals surface area contributed by atoms with E-state index in [0.29, 0.717) is 10.9 Å². The Morgan fingerprint density at radius 1 is 1.14 bits per heavy atom. The van der Waals surface area contributed by atoms with Crippen LogP contribution in [0.1, 0.15) is 37.3 Å². The Morgan fingerprint density at radius 2 is 1.81 bits per heavy atom. The number of phenols is 1. The maximum atomic E-state index is 10.5. The Bertz CT molecular complexity index is 497. The van der Waals surface area contributed by atoms with Gasteiger partial charge in [-0.05, 0) is 24.8 Å². The first-order valence-corrected chi connectivity index (χ1v) is 8.55. The van der Waals surface area contributed by atoms with E-state index in [9.17, 15) is 5.11 Å². The molecule has 0 aromatic heterocycles. The van der Waals surface area contributed by atoms with Crippen LogP contribution in [0.2, 0.25) is 10.0 Å². The highest BCUT2D eigenvalue weighted by Gasteiger charge is 2.34. The minimum atomic E-state index is 0.166. The molecule has 1 aliphatic heterocycles. The van der Waals surface area contributed by atoms with Gasteiger partial charge in [-0.15, -0.1) is 0 Å². The van der Waals surface area contributed by atoms with E-state index in [0.717, 1.165) is 31.7 Å². The van der Waals surface area contributed by atoms with Gasteiger partial charge in [-0.2, -0.15) is 0 Å². The van der Waals surface area contributed by atoms with Crippen LogP contribution in [0.3, 0.4) is 0 Å². The molecule has 2 fully saturated rings. The van der Waals surface area contributed by atoms with Crippen molar-refractivity contribution in [3.05, 3.63) is 27.7 Å². The molecule has 1 saturated carbocycles. The summed E-state index contributed by atoms with van der Waals surface area (Å²) in [5.74, 6) is 0.769. The first-order valence-electron chi connectivity index (χ1n) is 7.80. The summed E-state index contributed by atoms with van der Waals surface area (Å²) in [7, 11) is 0. The van der Waals surface area contributed by atoms with Crippen LogP contribution < -0.4 is 5.32 Å². The molecule has 2 aliphatic rings. The predicted molar refractivity (Wildman–Crippen MR) is 87.3 cm³/mol. The quantitative estimate of drug-likeness (QED) is 0.884. The fourth-order valence-electron chi connectivity index (χ4n) is 3.78. The van der Waals surface area contributed by atoms with Crippen LogP contribution in [0.25, 0.3) is 0 Å². The molecule has 3 rings (SSSR count). The van der Waals surface area contributed by atoms with Crippen molar-refractivity contribution in [1.82, 2.24) is 10.2 Å². The fraction of sp³-hybridized carbons (Fsp3) is 0.625. The average molecular weight is 329 g/mol. The van der Waals surface area contributed by atoms with Gasteiger partial charge in [-0.3, -0.25) is 4.90 Å². The van der Waals surface area contributed by atoms with Gasteiger partial charge in [0, 0.05) is 37.8 Å². The molecule has 2 N–H and O–H groups in total. The lowest BCUT2D eigenvalue weighted by atomic mass is 9.89. The fourth-order valence-corrected chi connectivity index (χ4v) is 4.10. The normalized spacial score (nSPS) is 22.6. The zero-order chi connectivity index (χ0) is 14.8. The van der Waals surface area contributed by atoms with Crippen LogP contribution in [0.5, 0.6) is 5.75 Å². The Morgan fingerprint density at radius 3 is 2.48 bits per heavy atom. The Hall–Kier alpha value is -0.480. The summed E-state index contributed by atoms with van der Waals surface area (Å²) in [5, 5.41) is 14.6. The number of benzene rings is 1. The molecule has 1 atom stereocenters. The maximum Gasteiger partial charge on any atom is 0.140 e. The molecule has 5 heteroatoms. The number of nitrogens with zero attached hydrogens (tertiary/aromatic N) is 1. The van der Waals surface area contributed by atoms with Crippen LogP contribution >= 0.6 is 23.2 Å². The number of hydrogen-bond acceptors (Lipinski definition) is 3. The van der Waals surface area contributed by atoms with E-state index in [-0.39, 0.29) is 16.8 Å². The lowest BCUT2D eigenvalue weighted by molar-refractivity contribution is 0.123. The van der Waals surface area contributed by atoms with E-state index in [1.165, 1.54) is 25.7 Å². The number of phenolic OH excluding ortho intramolecular Hbond substituents is 1. The molecule has 1 aromatic carbocycles. The Kier molecular flexibility index (Phi) is 4.95. The molecule has 1 saturated heterocycles. The molecule has 21 heavy (non-hydrogen) atoms. The third-order valence-electron chi connectivity index (χ3n) is 4.81. The molecule has 0 spiro atoms. The van der Waals surface area contributed by atoms with Gasteiger partial charge in [0.05, 0.1) is 5.02 Å². The van der Waals surface area contributed by atoms with Crippen LogP contribution in [-0.4, -0.2) is 36.2 Å². The lowest BCUT2D eigenvalue weighted by Gasteiger charge is -2.39. The highest BCUT2D eigenvalue weighted by molar-refractivity contribution is 6.43. The van der Waals surface area contributed by atoms with Gasteiger partial charge >= 0.3 is 0 Å². The molecule has 0 radical (unpaired) electrons. The first kappa shape index (κ1) is 15.4. The van der Waals surface area contributed by atoms with E-state index in [2.05, 4.69) is 10.2 Å². The number of nitrogens with one attached hydrogen (secondary N) is 1. The van der Waals surface area contributed by atoms with Gasteiger partial charge in [-0.1, -0.05) is 42.1 Å². The monoisotopic (exact) mass is 328 g/mol. The molecule has 1 heterocycles. The second-order valence-electron chi connectivity index (χ2n) is 6.07. The smallest absolute Gasteiger partial charge is 0.140 e. The second-order valence-corrected chi connectivity index (χ2v) is 6.86. The molecule has 3 nitrogen and oxygen atoms in total. The van der Waals surface area contributed by atoms with Gasteiger partial charge in [0.15, 0.2) is 0 Å². The number of rotatable bonds is 3. The molecule has 0 amide bonds. The molecule has 1 aliphatic carbocycles. The molecule has 0 bridgehead atoms. The van der Waals surface area contributed by atoms with E-state index < -0.39 is 0 Å². The summed E-state index contributed by atoms with van der Waals surface area (Å²) in [5.41, 5.74) is 0.943. The van der Waals surface area contributed by atoms with E-state index in [4.69, 9.17) is 23.2 Å². The summed E-state index contributed by atoms with van der Waals surface area (Å²) >= 11 is 12.2. The molecular weight excluding hydrogens is 307 g/mol. The third-order valence-corrected chi connectivity index (χ3v) is 5.60. The minimum Gasteiger partial charge on any atom is -0.506 e. The largest absolute Gasteiger partial charge is 0.506 e. The lowest BCUT2D eigenvalue weighted by Crippen LogP contribution is -2.46. The highest BCUT2D eigenvalue weighted by atomic mass is 35.5. The summed E-state index contributed by atoms with van der Waals surface area (Å²) in [6.07, 6.45) is 5.03. The van der Waals surface area contributed by atoms with Gasteiger partial charge in [0.25, 0.3) is 0 Å². The summed E-state index contributed by atoms with van der Waals surface area (Å²) in [4.78, 5) is 2.49. The SMILES string of the molecule is Oc1c([C@@H](C2CCCC2)N2CCNCC2)ccc(Cl)c1Cl. The van der Waals surface area contributed by atoms with Crippen LogP contribution in [0.4, 0.5) is 0 Å². The van der Waals surface area contributed by atoms with Gasteiger partial charge in [0.2, 0.25) is 0 Å². The van der Waals surface area contributed by atoms with Crippen molar-refractivity contribution in [2.45, 2.75) is 31.7 Å². The zero-order valence-electron chi connectivity index (χ0n) is 12.1. The summed E-state index contributed by atoms with van der Waals surface area (Å²) < 4.78 is 0. The van der Waals surface area contributed by atoms with Crippen molar-refractivity contribution >= 4 is 23.2 Å². The van der Waals surface area contributed by atoms with Crippen LogP contribution in [0, 0.1) is 5.92 Å². The second kappa shape index (κ2) is 6.74. The number of hydrogen-bond donors (Lipinski definition) is 2. The van der Waals surface area contributed by atoms with Crippen molar-refractivity contribution in [3.63, 3.8) is 0 Å². The van der Waals surface area contributed by atoms with Crippen molar-refractivity contribution in [3.8, 4) is 5.75 Å². The minimum absolute atomic E-state index is 0.166. The number of halogens is 2. The van der Waals surface area contributed by atoms with Crippen molar-refractivity contribution in [2.75, 3.05) is 26.2 Å². The van der Waals surface area contributed by atoms with Gasteiger partial charge in [0.1, 0.15) is 10.8 Å². The standard InChI is InChI=1S/C16H22Cl2N2O/c17-13-6-5-12(16(21)14(13)18)15(11-3-1-2-4-11)20-9-7-19-8-10-20/h5-6,11,15,19,21H,1-4,7-10H2/t15-/m1/s1. The van der Waals surface area contributed by atoms with Crippen molar-refractivity contribution in [2.24, 2.45) is 5.92 Å². The summed E-state index contributed by atoms with van der Waals surface area (Å²) in [6, 6.07) is 4.02. The van der Waals surface area contributed by atoms with E-state index in [1.807, 2.05) is 12.1 Å². The molecule has 0 unspecified atom stereocenters. The number of piperazine rings is 1. The maximum absolute atomic E-state index is 10.5. The Balaban J connectivity index is 1.96. The van der Waals surface area contributed by atoms with Crippen LogP contribution in [-0.2, 0) is 0 Å². The average Bonchev–Trinajstić information content (AvgIpc) is 3.03. The topological polar surface area (TPSA) is 35.5 Å². The Labute approximate surface area is 136 Å². The molecular formula is C16H22Cl2N2O. The highest BCUT2D eigenvalue weighted by Crippen LogP contribution is 2.45. The number of aromatic hydroxyl groups is 1. The molecule has 116 valence electrons. The summed E-state index contributed by atoms with van der Waals surface area (Å²) in [6.45, 7) is 4.04. The molecule has 1 aromatic rings. The predicted octanol–water partition coefficient (Wildman–Crippen LogP) is 3.84. The van der Waals surface area contributed by atoms with Gasteiger partial charge < -0.3 is 10.4 Å².